The number of carbonyl (C=O) groups is 1. The number of alkyl halides is 3. The molecular weight excluding hydrogens is 541 g/mol. The maximum absolute atomic E-state index is 13.5. The van der Waals surface area contributed by atoms with E-state index in [9.17, 15) is 22.4 Å². The molecule has 6 nitrogen and oxygen atoms in total. The van der Waals surface area contributed by atoms with Crippen molar-refractivity contribution in [3.63, 3.8) is 0 Å². The molecule has 0 N–H and O–H groups in total. The molecule has 0 aliphatic carbocycles. The monoisotopic (exact) mass is 553 g/mol. The first kappa shape index (κ1) is 21.1. The molecule has 1 atom stereocenters. The molecule has 30 heavy (non-hydrogen) atoms. The van der Waals surface area contributed by atoms with Crippen LogP contribution in [0.4, 0.5) is 23.2 Å². The summed E-state index contributed by atoms with van der Waals surface area (Å²) in [7, 11) is 0. The lowest BCUT2D eigenvalue weighted by Gasteiger charge is -2.16. The van der Waals surface area contributed by atoms with Crippen molar-refractivity contribution in [3.05, 3.63) is 56.4 Å². The minimum atomic E-state index is -4.71. The Bertz CT molecular complexity index is 1140. The average molecular weight is 554 g/mol. The van der Waals surface area contributed by atoms with E-state index in [4.69, 9.17) is 11.6 Å². The van der Waals surface area contributed by atoms with Gasteiger partial charge in [0.2, 0.25) is 0 Å². The molecule has 1 fully saturated rings. The van der Waals surface area contributed by atoms with Crippen molar-refractivity contribution in [2.75, 3.05) is 11.4 Å². The second-order valence-electron chi connectivity index (χ2n) is 6.70. The van der Waals surface area contributed by atoms with Gasteiger partial charge in [-0.2, -0.15) is 23.4 Å². The summed E-state index contributed by atoms with van der Waals surface area (Å²) >= 11 is 7.81. The van der Waals surface area contributed by atoms with E-state index in [1.54, 1.807) is 12.1 Å². The Morgan fingerprint density at radius 2 is 2.03 bits per heavy atom. The second-order valence-corrected chi connectivity index (χ2v) is 8.10. The summed E-state index contributed by atoms with van der Waals surface area (Å²) in [5, 5.41) is 7.29. The number of amides is 1. The van der Waals surface area contributed by atoms with Crippen LogP contribution in [0.15, 0.2) is 30.5 Å². The highest BCUT2D eigenvalue weighted by molar-refractivity contribution is 14.1. The summed E-state index contributed by atoms with van der Waals surface area (Å²) in [5.74, 6) is -0.841. The predicted octanol–water partition coefficient (Wildman–Crippen LogP) is 4.77. The molecule has 1 amide bonds. The zero-order chi connectivity index (χ0) is 21.8. The van der Waals surface area contributed by atoms with Gasteiger partial charge in [0.1, 0.15) is 15.6 Å². The van der Waals surface area contributed by atoms with Crippen molar-refractivity contribution >= 4 is 45.8 Å². The van der Waals surface area contributed by atoms with Gasteiger partial charge in [-0.05, 0) is 54.1 Å². The molecule has 1 aliphatic heterocycles. The van der Waals surface area contributed by atoms with Crippen LogP contribution < -0.4 is 4.90 Å². The van der Waals surface area contributed by atoms with Crippen LogP contribution in [0, 0.1) is 16.4 Å². The summed E-state index contributed by atoms with van der Waals surface area (Å²) in [5.41, 5.74) is -0.159. The fourth-order valence-corrected chi connectivity index (χ4v) is 4.47. The topological polar surface area (TPSA) is 56.0 Å². The molecule has 1 aliphatic rings. The van der Waals surface area contributed by atoms with Gasteiger partial charge in [0.25, 0.3) is 5.91 Å². The number of nitrogens with zero attached hydrogens (tertiary/aromatic N) is 5. The lowest BCUT2D eigenvalue weighted by atomic mass is 10.2. The minimum Gasteiger partial charge on any atom is -0.307 e. The number of halogens is 6. The Labute approximate surface area is 186 Å². The smallest absolute Gasteiger partial charge is 0.307 e. The van der Waals surface area contributed by atoms with Crippen molar-refractivity contribution < 1.29 is 22.4 Å². The van der Waals surface area contributed by atoms with E-state index >= 15 is 0 Å². The summed E-state index contributed by atoms with van der Waals surface area (Å²) in [6, 6.07) is 4.92. The molecule has 1 unspecified atom stereocenters. The summed E-state index contributed by atoms with van der Waals surface area (Å²) in [6.07, 6.45) is -2.98. The predicted molar refractivity (Wildman–Crippen MR) is 109 cm³/mol. The van der Waals surface area contributed by atoms with Crippen LogP contribution in [0.5, 0.6) is 0 Å². The summed E-state index contributed by atoms with van der Waals surface area (Å²) < 4.78 is 56.0. The van der Waals surface area contributed by atoms with Crippen LogP contribution in [0.2, 0.25) is 5.02 Å². The average Bonchev–Trinajstić information content (AvgIpc) is 3.31. The maximum atomic E-state index is 13.5. The van der Waals surface area contributed by atoms with E-state index in [0.717, 1.165) is 4.68 Å². The van der Waals surface area contributed by atoms with Crippen molar-refractivity contribution in [2.24, 2.45) is 0 Å². The highest BCUT2D eigenvalue weighted by atomic mass is 127. The number of anilines is 1. The second kappa shape index (κ2) is 7.52. The Morgan fingerprint density at radius 3 is 2.67 bits per heavy atom. The van der Waals surface area contributed by atoms with E-state index in [-0.39, 0.29) is 18.7 Å². The number of benzene rings is 1. The van der Waals surface area contributed by atoms with Crippen molar-refractivity contribution in [3.8, 4) is 5.69 Å². The standard InChI is InChI=1S/C18H13ClF4IN5O/c1-9-14(19)15(18(21,22)23)26-28(9)12-5-6-27(17(12)30)13-8-25-29(16(13)24)11-4-2-3-10(20)7-11/h2-4,7-8,12H,5-6H2,1H3. The molecule has 0 spiro atoms. The number of hydrogen-bond acceptors (Lipinski definition) is 3. The molecule has 3 heterocycles. The molecule has 0 saturated carbocycles. The fourth-order valence-electron chi connectivity index (χ4n) is 3.41. The number of carbonyl (C=O) groups excluding carboxylic acids is 1. The lowest BCUT2D eigenvalue weighted by Crippen LogP contribution is -2.29. The van der Waals surface area contributed by atoms with Gasteiger partial charge in [-0.1, -0.05) is 17.7 Å². The first-order chi connectivity index (χ1) is 14.1. The molecule has 1 saturated heterocycles. The van der Waals surface area contributed by atoms with Gasteiger partial charge >= 0.3 is 6.18 Å². The Balaban J connectivity index is 1.65. The third-order valence-corrected chi connectivity index (χ3v) is 6.32. The number of aromatic nitrogens is 4. The minimum absolute atomic E-state index is 0.0781. The maximum Gasteiger partial charge on any atom is 0.436 e. The Kier molecular flexibility index (Phi) is 5.29. The summed E-state index contributed by atoms with van der Waals surface area (Å²) in [6.45, 7) is 1.67. The first-order valence-electron chi connectivity index (χ1n) is 8.72. The van der Waals surface area contributed by atoms with Gasteiger partial charge in [-0.25, -0.2) is 9.07 Å². The van der Waals surface area contributed by atoms with Gasteiger partial charge in [-0.15, -0.1) is 0 Å². The first-order valence-corrected chi connectivity index (χ1v) is 10.2. The SMILES string of the molecule is Cc1c(Cl)c(C(F)(F)F)nn1C1CCN(c2cnn(-c3cccc(F)c3)c2I)C1=O. The fraction of sp³-hybridized carbons (Fsp3) is 0.278. The van der Waals surface area contributed by atoms with E-state index in [1.165, 1.54) is 34.8 Å². The van der Waals surface area contributed by atoms with Crippen molar-refractivity contribution in [1.82, 2.24) is 19.6 Å². The van der Waals surface area contributed by atoms with Gasteiger partial charge in [-0.3, -0.25) is 9.48 Å². The molecule has 158 valence electrons. The van der Waals surface area contributed by atoms with E-state index in [1.807, 2.05) is 22.6 Å². The normalized spacial score (nSPS) is 17.2. The van der Waals surface area contributed by atoms with Crippen molar-refractivity contribution in [2.45, 2.75) is 25.6 Å². The van der Waals surface area contributed by atoms with Gasteiger partial charge in [0.15, 0.2) is 5.69 Å². The largest absolute Gasteiger partial charge is 0.436 e. The van der Waals surface area contributed by atoms with Crippen LogP contribution >= 0.6 is 34.2 Å². The van der Waals surface area contributed by atoms with Gasteiger partial charge < -0.3 is 4.90 Å². The molecule has 4 rings (SSSR count). The molecule has 2 aromatic heterocycles. The lowest BCUT2D eigenvalue weighted by molar-refractivity contribution is -0.141. The van der Waals surface area contributed by atoms with Gasteiger partial charge in [0.05, 0.1) is 28.3 Å². The van der Waals surface area contributed by atoms with E-state index < -0.39 is 34.7 Å². The molecule has 1 aromatic carbocycles. The zero-order valence-corrected chi connectivity index (χ0v) is 18.2. The van der Waals surface area contributed by atoms with Gasteiger partial charge in [0, 0.05) is 6.54 Å². The highest BCUT2D eigenvalue weighted by Gasteiger charge is 2.42. The molecule has 3 aromatic rings. The number of rotatable bonds is 3. The van der Waals surface area contributed by atoms with Crippen LogP contribution in [0.25, 0.3) is 5.69 Å². The Hall–Kier alpha value is -2.15. The van der Waals surface area contributed by atoms with Crippen LogP contribution in [0.3, 0.4) is 0 Å². The molecular formula is C18H13ClF4IN5O. The van der Waals surface area contributed by atoms with Crippen LogP contribution in [-0.4, -0.2) is 32.0 Å². The summed E-state index contributed by atoms with van der Waals surface area (Å²) in [4.78, 5) is 14.5. The highest BCUT2D eigenvalue weighted by Crippen LogP contribution is 2.38. The number of hydrogen-bond donors (Lipinski definition) is 0. The third-order valence-electron chi connectivity index (χ3n) is 4.85. The van der Waals surface area contributed by atoms with Crippen molar-refractivity contribution in [1.29, 1.82) is 0 Å². The molecule has 0 radical (unpaired) electrons. The zero-order valence-electron chi connectivity index (χ0n) is 15.3. The molecule has 0 bridgehead atoms. The third kappa shape index (κ3) is 3.47. The van der Waals surface area contributed by atoms with E-state index in [0.29, 0.717) is 15.1 Å². The molecule has 12 heteroatoms. The van der Waals surface area contributed by atoms with E-state index in [2.05, 4.69) is 10.2 Å². The quantitative estimate of drug-likeness (QED) is 0.347. The van der Waals surface area contributed by atoms with Crippen LogP contribution in [0.1, 0.15) is 23.9 Å². The van der Waals surface area contributed by atoms with Crippen LogP contribution in [-0.2, 0) is 11.0 Å². The Morgan fingerprint density at radius 1 is 1.30 bits per heavy atom.